The second-order valence-electron chi connectivity index (χ2n) is 9.03. The molecule has 3 unspecified atom stereocenters. The molecule has 5 nitrogen and oxygen atoms in total. The van der Waals surface area contributed by atoms with Crippen LogP contribution in [0.4, 0.5) is 0 Å². The molecule has 0 amide bonds. The Bertz CT molecular complexity index is 1480. The van der Waals surface area contributed by atoms with Crippen molar-refractivity contribution in [2.24, 2.45) is 10.7 Å². The van der Waals surface area contributed by atoms with Crippen molar-refractivity contribution >= 4 is 33.5 Å². The second-order valence-corrected chi connectivity index (χ2v) is 9.03. The van der Waals surface area contributed by atoms with Gasteiger partial charge in [-0.3, -0.25) is 15.6 Å². The molecule has 5 rings (SSSR count). The molecule has 0 saturated carbocycles. The number of fused-ring (bicyclic) bond motifs is 2. The third-order valence-corrected chi connectivity index (χ3v) is 6.69. The van der Waals surface area contributed by atoms with Gasteiger partial charge in [0.25, 0.3) is 0 Å². The Morgan fingerprint density at radius 2 is 1.53 bits per heavy atom. The third-order valence-electron chi connectivity index (χ3n) is 6.69. The molecule has 1 aliphatic heterocycles. The van der Waals surface area contributed by atoms with E-state index >= 15 is 0 Å². The quantitative estimate of drug-likeness (QED) is 0.183. The minimum Gasteiger partial charge on any atom is -0.312 e. The Hall–Kier alpha value is -3.90. The molecule has 1 heterocycles. The van der Waals surface area contributed by atoms with E-state index < -0.39 is 0 Å². The molecule has 0 bridgehead atoms. The van der Waals surface area contributed by atoms with Gasteiger partial charge < -0.3 is 11.1 Å². The number of rotatable bonds is 9. The van der Waals surface area contributed by atoms with E-state index in [2.05, 4.69) is 83.4 Å². The highest BCUT2D eigenvalue weighted by Gasteiger charge is 2.19. The molecule has 0 saturated heterocycles. The number of hydrogen-bond donors (Lipinski definition) is 4. The molecule has 180 valence electrons. The SMILES string of the molecule is C/C=C(\C=N)C1C=CC(CNC(NC(N)c2ccc3ccccc3c2)c2ccc3ccccc3c2)=N1. The van der Waals surface area contributed by atoms with Crippen molar-refractivity contribution in [1.29, 1.82) is 5.41 Å². The Morgan fingerprint density at radius 1 is 0.917 bits per heavy atom. The van der Waals surface area contributed by atoms with Gasteiger partial charge in [0.15, 0.2) is 0 Å². The van der Waals surface area contributed by atoms with Crippen LogP contribution in [-0.2, 0) is 0 Å². The lowest BCUT2D eigenvalue weighted by Crippen LogP contribution is -2.41. The standard InChI is InChI=1S/C31H31N5/c1-2-21(19-32)29-16-15-28(35-29)20-34-31(27-14-12-23-8-4-6-10-25(23)18-27)36-30(33)26-13-11-22-7-3-5-9-24(22)17-26/h2-19,29-32,34,36H,20,33H2,1H3/b21-2+,32-19?. The van der Waals surface area contributed by atoms with E-state index in [1.165, 1.54) is 27.8 Å². The van der Waals surface area contributed by atoms with Crippen LogP contribution in [0.5, 0.6) is 0 Å². The molecule has 36 heavy (non-hydrogen) atoms. The van der Waals surface area contributed by atoms with E-state index in [4.69, 9.17) is 16.1 Å². The molecule has 4 aromatic rings. The van der Waals surface area contributed by atoms with Gasteiger partial charge in [-0.1, -0.05) is 84.9 Å². The zero-order valence-corrected chi connectivity index (χ0v) is 20.4. The number of hydrogen-bond acceptors (Lipinski definition) is 5. The number of allylic oxidation sites excluding steroid dienone is 1. The van der Waals surface area contributed by atoms with Gasteiger partial charge in [-0.2, -0.15) is 0 Å². The van der Waals surface area contributed by atoms with Gasteiger partial charge in [0.2, 0.25) is 0 Å². The number of nitrogens with one attached hydrogen (secondary N) is 3. The Kier molecular flexibility index (Phi) is 7.14. The molecule has 3 atom stereocenters. The highest BCUT2D eigenvalue weighted by Crippen LogP contribution is 2.23. The topological polar surface area (TPSA) is 86.3 Å². The lowest BCUT2D eigenvalue weighted by molar-refractivity contribution is 0.404. The predicted octanol–water partition coefficient (Wildman–Crippen LogP) is 5.80. The third kappa shape index (κ3) is 5.19. The van der Waals surface area contributed by atoms with E-state index in [0.717, 1.165) is 22.4 Å². The van der Waals surface area contributed by atoms with Gasteiger partial charge in [0.05, 0.1) is 18.4 Å². The van der Waals surface area contributed by atoms with Crippen LogP contribution in [-0.4, -0.2) is 24.5 Å². The summed E-state index contributed by atoms with van der Waals surface area (Å²) in [5, 5.41) is 19.6. The largest absolute Gasteiger partial charge is 0.312 e. The molecule has 5 N–H and O–H groups in total. The molecule has 1 aliphatic rings. The highest BCUT2D eigenvalue weighted by molar-refractivity contribution is 6.00. The van der Waals surface area contributed by atoms with Crippen molar-refractivity contribution in [2.45, 2.75) is 25.3 Å². The Labute approximate surface area is 212 Å². The van der Waals surface area contributed by atoms with Gasteiger partial charge in [-0.05, 0) is 63.4 Å². The lowest BCUT2D eigenvalue weighted by atomic mass is 10.0. The zero-order valence-electron chi connectivity index (χ0n) is 20.4. The van der Waals surface area contributed by atoms with Crippen LogP contribution in [0.3, 0.4) is 0 Å². The summed E-state index contributed by atoms with van der Waals surface area (Å²) in [5.41, 5.74) is 10.7. The van der Waals surface area contributed by atoms with Crippen LogP contribution in [0.25, 0.3) is 21.5 Å². The maximum atomic E-state index is 7.61. The van der Waals surface area contributed by atoms with Crippen molar-refractivity contribution in [1.82, 2.24) is 10.6 Å². The summed E-state index contributed by atoms with van der Waals surface area (Å²) in [5.74, 6) is 0. The van der Waals surface area contributed by atoms with E-state index in [1.54, 1.807) is 0 Å². The van der Waals surface area contributed by atoms with Crippen molar-refractivity contribution in [3.8, 4) is 0 Å². The minimum absolute atomic E-state index is 0.0868. The fraction of sp³-hybridized carbons (Fsp3) is 0.161. The summed E-state index contributed by atoms with van der Waals surface area (Å²) >= 11 is 0. The molecule has 0 spiro atoms. The molecule has 4 aromatic carbocycles. The summed E-state index contributed by atoms with van der Waals surface area (Å²) < 4.78 is 0. The van der Waals surface area contributed by atoms with E-state index in [1.807, 2.05) is 37.3 Å². The summed E-state index contributed by atoms with van der Waals surface area (Å²) in [6.07, 6.45) is 6.83. The first-order valence-electron chi connectivity index (χ1n) is 12.3. The molecule has 0 aliphatic carbocycles. The van der Waals surface area contributed by atoms with E-state index in [9.17, 15) is 0 Å². The highest BCUT2D eigenvalue weighted by atomic mass is 15.2. The van der Waals surface area contributed by atoms with Crippen molar-refractivity contribution in [3.05, 3.63) is 120 Å². The fourth-order valence-electron chi connectivity index (χ4n) is 4.64. The number of benzene rings is 4. The van der Waals surface area contributed by atoms with Crippen LogP contribution < -0.4 is 16.4 Å². The first kappa shape index (κ1) is 23.8. The summed E-state index contributed by atoms with van der Waals surface area (Å²) in [6.45, 7) is 2.52. The molecule has 0 aromatic heterocycles. The lowest BCUT2D eigenvalue weighted by Gasteiger charge is -2.26. The maximum absolute atomic E-state index is 7.61. The molecular weight excluding hydrogens is 442 g/mol. The molecule has 0 radical (unpaired) electrons. The smallest absolute Gasteiger partial charge is 0.0949 e. The average molecular weight is 474 g/mol. The fourth-order valence-corrected chi connectivity index (χ4v) is 4.64. The molecule has 5 heteroatoms. The molecular formula is C31H31N5. The zero-order chi connectivity index (χ0) is 24.9. The van der Waals surface area contributed by atoms with Crippen LogP contribution in [0.15, 0.2) is 114 Å². The van der Waals surface area contributed by atoms with E-state index in [0.29, 0.717) is 6.54 Å². The van der Waals surface area contributed by atoms with Crippen molar-refractivity contribution < 1.29 is 0 Å². The minimum atomic E-state index is -0.361. The van der Waals surface area contributed by atoms with Crippen LogP contribution >= 0.6 is 0 Å². The van der Waals surface area contributed by atoms with Crippen molar-refractivity contribution in [2.75, 3.05) is 6.54 Å². The number of nitrogens with zero attached hydrogens (tertiary/aromatic N) is 1. The van der Waals surface area contributed by atoms with Crippen LogP contribution in [0.1, 0.15) is 30.4 Å². The Morgan fingerprint density at radius 3 is 2.17 bits per heavy atom. The monoisotopic (exact) mass is 473 g/mol. The first-order valence-corrected chi connectivity index (χ1v) is 12.3. The molecule has 0 fully saturated rings. The van der Waals surface area contributed by atoms with Gasteiger partial charge in [0.1, 0.15) is 0 Å². The van der Waals surface area contributed by atoms with Gasteiger partial charge >= 0.3 is 0 Å². The number of nitrogens with two attached hydrogens (primary N) is 1. The van der Waals surface area contributed by atoms with Gasteiger partial charge in [-0.15, -0.1) is 0 Å². The maximum Gasteiger partial charge on any atom is 0.0949 e. The summed E-state index contributed by atoms with van der Waals surface area (Å²) in [4.78, 5) is 4.78. The van der Waals surface area contributed by atoms with Gasteiger partial charge in [-0.25, -0.2) is 0 Å². The van der Waals surface area contributed by atoms with Crippen LogP contribution in [0, 0.1) is 5.41 Å². The summed E-state index contributed by atoms with van der Waals surface area (Å²) in [7, 11) is 0. The summed E-state index contributed by atoms with van der Waals surface area (Å²) in [6, 6.07) is 29.4. The van der Waals surface area contributed by atoms with E-state index in [-0.39, 0.29) is 18.4 Å². The predicted molar refractivity (Wildman–Crippen MR) is 152 cm³/mol. The average Bonchev–Trinajstić information content (AvgIpc) is 3.39. The normalized spacial score (nSPS) is 17.3. The number of aliphatic imine (C=N–C) groups is 1. The first-order chi connectivity index (χ1) is 17.6. The van der Waals surface area contributed by atoms with Gasteiger partial charge in [0, 0.05) is 18.5 Å². The Balaban J connectivity index is 1.39. The van der Waals surface area contributed by atoms with Crippen LogP contribution in [0.2, 0.25) is 0 Å². The second kappa shape index (κ2) is 10.8. The van der Waals surface area contributed by atoms with Crippen molar-refractivity contribution in [3.63, 3.8) is 0 Å².